The molecule has 1 aromatic carbocycles. The van der Waals surface area contributed by atoms with Gasteiger partial charge in [0, 0.05) is 31.4 Å². The van der Waals surface area contributed by atoms with Crippen molar-refractivity contribution in [3.8, 4) is 28.5 Å². The molecule has 0 saturated carbocycles. The van der Waals surface area contributed by atoms with Crippen molar-refractivity contribution in [1.29, 1.82) is 0 Å². The van der Waals surface area contributed by atoms with E-state index < -0.39 is 0 Å². The Bertz CT molecular complexity index is 729. The van der Waals surface area contributed by atoms with Crippen molar-refractivity contribution in [2.75, 3.05) is 32.9 Å². The summed E-state index contributed by atoms with van der Waals surface area (Å²) in [7, 11) is 5.48. The van der Waals surface area contributed by atoms with E-state index in [2.05, 4.69) is 9.97 Å². The first-order valence-electron chi connectivity index (χ1n) is 7.02. The van der Waals surface area contributed by atoms with Gasteiger partial charge in [-0.05, 0) is 25.5 Å². The molecular weight excluding hydrogens is 282 g/mol. The van der Waals surface area contributed by atoms with Gasteiger partial charge in [-0.25, -0.2) is 9.97 Å². The van der Waals surface area contributed by atoms with E-state index in [0.29, 0.717) is 23.2 Å². The topological polar surface area (TPSA) is 56.7 Å². The van der Waals surface area contributed by atoms with Crippen LogP contribution in [-0.2, 0) is 0 Å². The molecule has 0 fully saturated rings. The van der Waals surface area contributed by atoms with Crippen LogP contribution >= 0.6 is 0 Å². The fourth-order valence-electron chi connectivity index (χ4n) is 2.35. The Morgan fingerprint density at radius 1 is 1.09 bits per heavy atom. The standard InChI is InChI=1S/C16H19N3O3/c1-9-10(2)17-16(19(3)4)18-15(9)11-6-13-14(22-8-21-13)7-12(11)20-5/h6-7H,8H2,1-5H3. The number of ether oxygens (including phenoxy) is 3. The second-order valence-electron chi connectivity index (χ2n) is 5.38. The molecule has 0 N–H and O–H groups in total. The highest BCUT2D eigenvalue weighted by Gasteiger charge is 2.21. The van der Waals surface area contributed by atoms with Gasteiger partial charge in [-0.15, -0.1) is 0 Å². The third-order valence-electron chi connectivity index (χ3n) is 3.73. The Kier molecular flexibility index (Phi) is 3.52. The maximum absolute atomic E-state index is 5.51. The average molecular weight is 301 g/mol. The summed E-state index contributed by atoms with van der Waals surface area (Å²) in [6.07, 6.45) is 0. The summed E-state index contributed by atoms with van der Waals surface area (Å²) in [5.74, 6) is 2.77. The molecule has 22 heavy (non-hydrogen) atoms. The third-order valence-corrected chi connectivity index (χ3v) is 3.73. The molecule has 2 aromatic rings. The van der Waals surface area contributed by atoms with Crippen LogP contribution in [0, 0.1) is 13.8 Å². The second kappa shape index (κ2) is 5.36. The van der Waals surface area contributed by atoms with Crippen LogP contribution in [0.4, 0.5) is 5.95 Å². The lowest BCUT2D eigenvalue weighted by Crippen LogP contribution is -2.14. The molecule has 0 bridgehead atoms. The van der Waals surface area contributed by atoms with Crippen LogP contribution < -0.4 is 19.1 Å². The molecule has 6 nitrogen and oxygen atoms in total. The number of benzene rings is 1. The molecular formula is C16H19N3O3. The Balaban J connectivity index is 2.23. The number of hydrogen-bond acceptors (Lipinski definition) is 6. The quantitative estimate of drug-likeness (QED) is 0.868. The molecule has 116 valence electrons. The van der Waals surface area contributed by atoms with Crippen molar-refractivity contribution in [3.63, 3.8) is 0 Å². The fourth-order valence-corrected chi connectivity index (χ4v) is 2.35. The van der Waals surface area contributed by atoms with Crippen LogP contribution in [0.15, 0.2) is 12.1 Å². The lowest BCUT2D eigenvalue weighted by Gasteiger charge is -2.17. The highest BCUT2D eigenvalue weighted by molar-refractivity contribution is 5.75. The normalized spacial score (nSPS) is 12.4. The Hall–Kier alpha value is -2.50. The van der Waals surface area contributed by atoms with Gasteiger partial charge in [-0.1, -0.05) is 0 Å². The second-order valence-corrected chi connectivity index (χ2v) is 5.38. The Labute approximate surface area is 129 Å². The zero-order chi connectivity index (χ0) is 15.9. The van der Waals surface area contributed by atoms with Crippen molar-refractivity contribution in [1.82, 2.24) is 9.97 Å². The molecule has 3 rings (SSSR count). The van der Waals surface area contributed by atoms with Crippen LogP contribution in [0.2, 0.25) is 0 Å². The molecule has 0 spiro atoms. The molecule has 1 aliphatic heterocycles. The van der Waals surface area contributed by atoms with Crippen LogP contribution in [0.5, 0.6) is 17.2 Å². The van der Waals surface area contributed by atoms with Gasteiger partial charge in [0.2, 0.25) is 12.7 Å². The van der Waals surface area contributed by atoms with Gasteiger partial charge in [0.25, 0.3) is 0 Å². The maximum atomic E-state index is 5.51. The van der Waals surface area contributed by atoms with Crippen LogP contribution in [-0.4, -0.2) is 38.0 Å². The van der Waals surface area contributed by atoms with Crippen molar-refractivity contribution in [3.05, 3.63) is 23.4 Å². The number of hydrogen-bond donors (Lipinski definition) is 0. The van der Waals surface area contributed by atoms with E-state index in [-0.39, 0.29) is 6.79 Å². The third kappa shape index (κ3) is 2.30. The Morgan fingerprint density at radius 2 is 1.77 bits per heavy atom. The number of rotatable bonds is 3. The number of anilines is 1. The predicted molar refractivity (Wildman–Crippen MR) is 83.9 cm³/mol. The van der Waals surface area contributed by atoms with E-state index in [4.69, 9.17) is 14.2 Å². The van der Waals surface area contributed by atoms with Crippen molar-refractivity contribution in [2.24, 2.45) is 0 Å². The van der Waals surface area contributed by atoms with E-state index in [1.54, 1.807) is 7.11 Å². The van der Waals surface area contributed by atoms with E-state index in [1.807, 2.05) is 45.0 Å². The van der Waals surface area contributed by atoms with Gasteiger partial charge < -0.3 is 19.1 Å². The van der Waals surface area contributed by atoms with Crippen molar-refractivity contribution >= 4 is 5.95 Å². The van der Waals surface area contributed by atoms with E-state index in [1.165, 1.54) is 0 Å². The van der Waals surface area contributed by atoms with Crippen LogP contribution in [0.3, 0.4) is 0 Å². The first kappa shape index (κ1) is 14.4. The number of aromatic nitrogens is 2. The van der Waals surface area contributed by atoms with Gasteiger partial charge in [-0.3, -0.25) is 0 Å². The Morgan fingerprint density at radius 3 is 2.41 bits per heavy atom. The van der Waals surface area contributed by atoms with Gasteiger partial charge in [0.15, 0.2) is 11.5 Å². The fraction of sp³-hybridized carbons (Fsp3) is 0.375. The summed E-state index contributed by atoms with van der Waals surface area (Å²) in [5.41, 5.74) is 3.67. The number of aryl methyl sites for hydroxylation is 1. The lowest BCUT2D eigenvalue weighted by atomic mass is 10.0. The first-order valence-corrected chi connectivity index (χ1v) is 7.02. The summed E-state index contributed by atoms with van der Waals surface area (Å²) in [5, 5.41) is 0. The minimum absolute atomic E-state index is 0.229. The molecule has 2 heterocycles. The van der Waals surface area contributed by atoms with Crippen LogP contribution in [0.25, 0.3) is 11.3 Å². The largest absolute Gasteiger partial charge is 0.496 e. The van der Waals surface area contributed by atoms with E-state index in [0.717, 1.165) is 22.5 Å². The lowest BCUT2D eigenvalue weighted by molar-refractivity contribution is 0.174. The monoisotopic (exact) mass is 301 g/mol. The summed E-state index contributed by atoms with van der Waals surface area (Å²) >= 11 is 0. The number of nitrogens with zero attached hydrogens (tertiary/aromatic N) is 3. The van der Waals surface area contributed by atoms with E-state index in [9.17, 15) is 0 Å². The summed E-state index contributed by atoms with van der Waals surface area (Å²) < 4.78 is 16.4. The van der Waals surface area contributed by atoms with Gasteiger partial charge in [-0.2, -0.15) is 0 Å². The number of fused-ring (bicyclic) bond motifs is 1. The summed E-state index contributed by atoms with van der Waals surface area (Å²) in [4.78, 5) is 11.1. The van der Waals surface area contributed by atoms with Crippen molar-refractivity contribution in [2.45, 2.75) is 13.8 Å². The van der Waals surface area contributed by atoms with E-state index >= 15 is 0 Å². The molecule has 0 amide bonds. The average Bonchev–Trinajstić information content (AvgIpc) is 2.95. The number of methoxy groups -OCH3 is 1. The molecule has 6 heteroatoms. The maximum Gasteiger partial charge on any atom is 0.231 e. The smallest absolute Gasteiger partial charge is 0.231 e. The predicted octanol–water partition coefficient (Wildman–Crippen LogP) is 2.56. The first-order chi connectivity index (χ1) is 10.5. The van der Waals surface area contributed by atoms with Gasteiger partial charge >= 0.3 is 0 Å². The highest BCUT2D eigenvalue weighted by Crippen LogP contribution is 2.43. The molecule has 1 aromatic heterocycles. The zero-order valence-corrected chi connectivity index (χ0v) is 13.4. The minimum Gasteiger partial charge on any atom is -0.496 e. The SMILES string of the molecule is COc1cc2c(cc1-c1nc(N(C)C)nc(C)c1C)OCO2. The summed E-state index contributed by atoms with van der Waals surface area (Å²) in [6, 6.07) is 3.75. The van der Waals surface area contributed by atoms with Crippen LogP contribution in [0.1, 0.15) is 11.3 Å². The molecule has 0 atom stereocenters. The highest BCUT2D eigenvalue weighted by atomic mass is 16.7. The van der Waals surface area contributed by atoms with Gasteiger partial charge in [0.05, 0.1) is 12.8 Å². The summed E-state index contributed by atoms with van der Waals surface area (Å²) in [6.45, 7) is 4.22. The van der Waals surface area contributed by atoms with Gasteiger partial charge in [0.1, 0.15) is 5.75 Å². The molecule has 0 unspecified atom stereocenters. The van der Waals surface area contributed by atoms with Crippen molar-refractivity contribution < 1.29 is 14.2 Å². The molecule has 1 aliphatic rings. The molecule has 0 aliphatic carbocycles. The zero-order valence-electron chi connectivity index (χ0n) is 13.4. The minimum atomic E-state index is 0.229. The molecule has 0 saturated heterocycles. The molecule has 0 radical (unpaired) electrons.